The Labute approximate surface area is 180 Å². The highest BCUT2D eigenvalue weighted by Gasteiger charge is 2.51. The van der Waals surface area contributed by atoms with E-state index in [9.17, 15) is 13.2 Å². The fourth-order valence-electron chi connectivity index (χ4n) is 7.26. The molecule has 2 heterocycles. The largest absolute Gasteiger partial charge is 0.410 e. The van der Waals surface area contributed by atoms with E-state index >= 15 is 0 Å². The van der Waals surface area contributed by atoms with E-state index in [1.54, 1.807) is 6.20 Å². The molecule has 4 bridgehead atoms. The quantitative estimate of drug-likeness (QED) is 0.663. The molecule has 7 heteroatoms. The van der Waals surface area contributed by atoms with Crippen molar-refractivity contribution in [3.63, 3.8) is 0 Å². The number of hydrogen-bond acceptors (Lipinski definition) is 3. The minimum absolute atomic E-state index is 0.0515. The number of alkyl halides is 3. The fourth-order valence-corrected chi connectivity index (χ4v) is 7.26. The highest BCUT2D eigenvalue weighted by atomic mass is 19.4. The lowest BCUT2D eigenvalue weighted by atomic mass is 9.53. The molecule has 166 valence electrons. The van der Waals surface area contributed by atoms with Gasteiger partial charge >= 0.3 is 6.18 Å². The van der Waals surface area contributed by atoms with Crippen molar-refractivity contribution in [2.24, 2.45) is 17.8 Å². The molecule has 4 nitrogen and oxygen atoms in total. The average molecular weight is 431 g/mol. The van der Waals surface area contributed by atoms with Crippen molar-refractivity contribution in [2.75, 3.05) is 5.32 Å². The van der Waals surface area contributed by atoms with Gasteiger partial charge in [0.15, 0.2) is 6.04 Å². The SMILES string of the molecule is FC(F)(F)[C@H]1C[C@@H](c2ccccc2)Nc2c(CNC34CC5CC(CC(C5)C3)C4)cnn21. The minimum atomic E-state index is -4.33. The van der Waals surface area contributed by atoms with Crippen molar-refractivity contribution in [1.29, 1.82) is 0 Å². The fraction of sp³-hybridized carbons (Fsp3) is 0.625. The molecule has 5 aliphatic rings. The summed E-state index contributed by atoms with van der Waals surface area (Å²) >= 11 is 0. The van der Waals surface area contributed by atoms with Gasteiger partial charge in [0.2, 0.25) is 0 Å². The van der Waals surface area contributed by atoms with E-state index in [2.05, 4.69) is 15.7 Å². The van der Waals surface area contributed by atoms with Crippen LogP contribution in [0, 0.1) is 17.8 Å². The Morgan fingerprint density at radius 1 is 1.00 bits per heavy atom. The van der Waals surface area contributed by atoms with Gasteiger partial charge in [0.1, 0.15) is 5.82 Å². The number of halogens is 3. The monoisotopic (exact) mass is 430 g/mol. The summed E-state index contributed by atoms with van der Waals surface area (Å²) in [6, 6.07) is 7.44. The summed E-state index contributed by atoms with van der Waals surface area (Å²) < 4.78 is 42.9. The second-order valence-corrected chi connectivity index (χ2v) is 10.4. The highest BCUT2D eigenvalue weighted by molar-refractivity contribution is 5.49. The topological polar surface area (TPSA) is 41.9 Å². The lowest BCUT2D eigenvalue weighted by Crippen LogP contribution is -2.58. The third-order valence-electron chi connectivity index (χ3n) is 8.21. The third-order valence-corrected chi connectivity index (χ3v) is 8.21. The number of anilines is 1. The number of rotatable bonds is 4. The van der Waals surface area contributed by atoms with Crippen molar-refractivity contribution < 1.29 is 13.2 Å². The zero-order chi connectivity index (χ0) is 21.2. The molecular weight excluding hydrogens is 401 g/mol. The highest BCUT2D eigenvalue weighted by Crippen LogP contribution is 2.55. The Morgan fingerprint density at radius 3 is 2.26 bits per heavy atom. The van der Waals surface area contributed by atoms with Crippen LogP contribution in [0.25, 0.3) is 0 Å². The maximum absolute atomic E-state index is 13.9. The number of aromatic nitrogens is 2. The molecule has 1 aromatic carbocycles. The summed E-state index contributed by atoms with van der Waals surface area (Å²) in [5.74, 6) is 3.00. The Morgan fingerprint density at radius 2 is 1.65 bits per heavy atom. The number of nitrogens with one attached hydrogen (secondary N) is 2. The predicted octanol–water partition coefficient (Wildman–Crippen LogP) is 5.60. The maximum atomic E-state index is 13.9. The van der Waals surface area contributed by atoms with Crippen LogP contribution in [0.4, 0.5) is 19.0 Å². The Balaban J connectivity index is 1.27. The van der Waals surface area contributed by atoms with Crippen molar-refractivity contribution in [3.8, 4) is 0 Å². The Bertz CT molecular complexity index is 916. The molecule has 2 atom stereocenters. The van der Waals surface area contributed by atoms with E-state index in [0.717, 1.165) is 33.6 Å². The van der Waals surface area contributed by atoms with Crippen molar-refractivity contribution in [3.05, 3.63) is 47.7 Å². The number of hydrogen-bond donors (Lipinski definition) is 2. The minimum Gasteiger partial charge on any atom is -0.363 e. The molecule has 4 aliphatic carbocycles. The summed E-state index contributed by atoms with van der Waals surface area (Å²) in [4.78, 5) is 0. The van der Waals surface area contributed by atoms with Gasteiger partial charge in [0.05, 0.1) is 12.2 Å². The van der Waals surface area contributed by atoms with Crippen LogP contribution < -0.4 is 10.6 Å². The first kappa shape index (κ1) is 19.6. The molecule has 0 unspecified atom stereocenters. The molecule has 4 fully saturated rings. The molecule has 0 amide bonds. The number of fused-ring (bicyclic) bond motifs is 1. The van der Waals surface area contributed by atoms with Gasteiger partial charge in [-0.25, -0.2) is 4.68 Å². The van der Waals surface area contributed by atoms with E-state index in [-0.39, 0.29) is 18.0 Å². The summed E-state index contributed by atoms with van der Waals surface area (Å²) in [5, 5.41) is 11.4. The molecule has 1 aliphatic heterocycles. The molecule has 2 aromatic rings. The summed E-state index contributed by atoms with van der Waals surface area (Å²) in [6.45, 7) is 0.570. The van der Waals surface area contributed by atoms with E-state index in [0.29, 0.717) is 12.4 Å². The molecule has 2 N–H and O–H groups in total. The van der Waals surface area contributed by atoms with Gasteiger partial charge in [-0.05, 0) is 61.8 Å². The van der Waals surface area contributed by atoms with Crippen LogP contribution >= 0.6 is 0 Å². The number of benzene rings is 1. The second-order valence-electron chi connectivity index (χ2n) is 10.4. The van der Waals surface area contributed by atoms with Crippen molar-refractivity contribution in [1.82, 2.24) is 15.1 Å². The molecule has 31 heavy (non-hydrogen) atoms. The van der Waals surface area contributed by atoms with Crippen LogP contribution in [0.3, 0.4) is 0 Å². The first-order valence-corrected chi connectivity index (χ1v) is 11.6. The van der Waals surface area contributed by atoms with E-state index in [1.165, 1.54) is 38.5 Å². The predicted molar refractivity (Wildman–Crippen MR) is 112 cm³/mol. The van der Waals surface area contributed by atoms with Gasteiger partial charge in [-0.2, -0.15) is 18.3 Å². The van der Waals surface area contributed by atoms with E-state index in [4.69, 9.17) is 0 Å². The first-order chi connectivity index (χ1) is 14.9. The van der Waals surface area contributed by atoms with Crippen LogP contribution in [0.2, 0.25) is 0 Å². The molecule has 0 saturated heterocycles. The normalized spacial score (nSPS) is 36.3. The van der Waals surface area contributed by atoms with Crippen LogP contribution in [-0.2, 0) is 6.54 Å². The van der Waals surface area contributed by atoms with E-state index in [1.807, 2.05) is 30.3 Å². The number of nitrogens with zero attached hydrogens (tertiary/aromatic N) is 2. The molecule has 0 radical (unpaired) electrons. The second kappa shape index (κ2) is 6.99. The van der Waals surface area contributed by atoms with Crippen LogP contribution in [0.15, 0.2) is 36.5 Å². The summed E-state index contributed by atoms with van der Waals surface area (Å²) in [7, 11) is 0. The van der Waals surface area contributed by atoms with E-state index < -0.39 is 12.2 Å². The molecule has 7 rings (SSSR count). The summed E-state index contributed by atoms with van der Waals surface area (Å²) in [6.07, 6.45) is 5.01. The zero-order valence-electron chi connectivity index (χ0n) is 17.5. The van der Waals surface area contributed by atoms with Gasteiger partial charge in [-0.15, -0.1) is 0 Å². The molecule has 0 spiro atoms. The first-order valence-electron chi connectivity index (χ1n) is 11.6. The van der Waals surface area contributed by atoms with Gasteiger partial charge in [0, 0.05) is 24.1 Å². The van der Waals surface area contributed by atoms with Crippen LogP contribution in [0.1, 0.15) is 68.2 Å². The maximum Gasteiger partial charge on any atom is 0.410 e. The summed E-state index contributed by atoms with van der Waals surface area (Å²) in [5.41, 5.74) is 1.88. The zero-order valence-corrected chi connectivity index (χ0v) is 17.5. The molecular formula is C24H29F3N4. The Hall–Kier alpha value is -2.02. The van der Waals surface area contributed by atoms with Gasteiger partial charge in [0.25, 0.3) is 0 Å². The standard InChI is InChI=1S/C24H29F3N4/c25-24(26,27)21-9-20(18-4-2-1-3-5-18)30-22-19(14-29-31(21)22)13-28-23-10-15-6-16(11-23)8-17(7-15)12-23/h1-5,14-17,20-21,28,30H,6-13H2/t15?,16?,17?,20-,21+,23?/m0/s1. The lowest BCUT2D eigenvalue weighted by molar-refractivity contribution is -0.173. The Kier molecular flexibility index (Phi) is 4.43. The third kappa shape index (κ3) is 3.45. The van der Waals surface area contributed by atoms with Gasteiger partial charge in [-0.1, -0.05) is 30.3 Å². The smallest absolute Gasteiger partial charge is 0.363 e. The molecule has 4 saturated carbocycles. The lowest BCUT2D eigenvalue weighted by Gasteiger charge is -2.57. The van der Waals surface area contributed by atoms with Crippen molar-refractivity contribution >= 4 is 5.82 Å². The van der Waals surface area contributed by atoms with Crippen LogP contribution in [0.5, 0.6) is 0 Å². The van der Waals surface area contributed by atoms with Crippen LogP contribution in [-0.4, -0.2) is 21.5 Å². The van der Waals surface area contributed by atoms with Gasteiger partial charge < -0.3 is 10.6 Å². The van der Waals surface area contributed by atoms with Gasteiger partial charge in [-0.3, -0.25) is 0 Å². The average Bonchev–Trinajstić information content (AvgIpc) is 3.13. The molecule has 1 aromatic heterocycles. The van der Waals surface area contributed by atoms with Crippen molar-refractivity contribution in [2.45, 2.75) is 75.3 Å².